The Morgan fingerprint density at radius 1 is 0.733 bits per heavy atom. The molecule has 1 amide bonds. The van der Waals surface area contributed by atoms with Crippen molar-refractivity contribution in [3.63, 3.8) is 0 Å². The van der Waals surface area contributed by atoms with Crippen LogP contribution in [0.25, 0.3) is 0 Å². The Balaban J connectivity index is 1.82. The van der Waals surface area contributed by atoms with E-state index >= 15 is 0 Å². The first-order chi connectivity index (χ1) is 21.7. The monoisotopic (exact) mass is 637 g/mol. The molecule has 1 rings (SSSR count). The molecule has 1 aliphatic rings. The van der Waals surface area contributed by atoms with Crippen LogP contribution in [-0.4, -0.2) is 59.8 Å². The number of nitrogens with zero attached hydrogens (tertiary/aromatic N) is 1. The van der Waals surface area contributed by atoms with Crippen molar-refractivity contribution in [2.75, 3.05) is 26.2 Å². The molecule has 0 unspecified atom stereocenters. The van der Waals surface area contributed by atoms with Gasteiger partial charge in [0.1, 0.15) is 5.60 Å². The van der Waals surface area contributed by atoms with Crippen molar-refractivity contribution in [1.82, 2.24) is 10.2 Å². The standard InChI is InChI=1S/C39H76N2O4/c1-5-6-7-8-9-10-11-12-13-17-20-23-26-36(42)28-31-40-37(43)27-24-21-18-15-14-16-19-22-25-35-29-32-41(33-30-35)34-38(44)45-39(2,3)4/h35-36,42H,5-34H2,1-4H3,(H,40,43)/t36-/m1/s1. The number of aliphatic hydroxyl groups is 1. The highest BCUT2D eigenvalue weighted by Gasteiger charge is 2.23. The van der Waals surface area contributed by atoms with Crippen LogP contribution in [0, 0.1) is 5.92 Å². The van der Waals surface area contributed by atoms with Gasteiger partial charge in [-0.25, -0.2) is 0 Å². The average Bonchev–Trinajstić information content (AvgIpc) is 2.98. The molecule has 0 saturated carbocycles. The summed E-state index contributed by atoms with van der Waals surface area (Å²) >= 11 is 0. The molecule has 0 spiro atoms. The van der Waals surface area contributed by atoms with E-state index in [-0.39, 0.29) is 18.0 Å². The molecule has 6 heteroatoms. The minimum absolute atomic E-state index is 0.101. The van der Waals surface area contributed by atoms with Gasteiger partial charge in [-0.1, -0.05) is 135 Å². The summed E-state index contributed by atoms with van der Waals surface area (Å²) in [6, 6.07) is 0. The van der Waals surface area contributed by atoms with Crippen molar-refractivity contribution >= 4 is 11.9 Å². The maximum atomic E-state index is 12.1. The quantitative estimate of drug-likeness (QED) is 0.0631. The molecular weight excluding hydrogens is 560 g/mol. The summed E-state index contributed by atoms with van der Waals surface area (Å²) in [5, 5.41) is 13.2. The van der Waals surface area contributed by atoms with Crippen LogP contribution < -0.4 is 5.32 Å². The highest BCUT2D eigenvalue weighted by Crippen LogP contribution is 2.24. The van der Waals surface area contributed by atoms with Gasteiger partial charge in [0.2, 0.25) is 5.91 Å². The Bertz CT molecular complexity index is 700. The van der Waals surface area contributed by atoms with Crippen molar-refractivity contribution in [3.8, 4) is 0 Å². The Morgan fingerprint density at radius 2 is 1.22 bits per heavy atom. The summed E-state index contributed by atoms with van der Waals surface area (Å²) in [4.78, 5) is 26.4. The van der Waals surface area contributed by atoms with E-state index in [0.29, 0.717) is 25.9 Å². The molecule has 0 aromatic heterocycles. The van der Waals surface area contributed by atoms with Gasteiger partial charge in [-0.05, 0) is 71.9 Å². The predicted octanol–water partition coefficient (Wildman–Crippen LogP) is 9.90. The average molecular weight is 637 g/mol. The molecule has 1 aliphatic heterocycles. The molecule has 266 valence electrons. The van der Waals surface area contributed by atoms with Gasteiger partial charge in [-0.3, -0.25) is 14.5 Å². The molecule has 0 bridgehead atoms. The van der Waals surface area contributed by atoms with Gasteiger partial charge in [0.25, 0.3) is 0 Å². The van der Waals surface area contributed by atoms with E-state index in [9.17, 15) is 14.7 Å². The van der Waals surface area contributed by atoms with E-state index in [1.54, 1.807) is 0 Å². The lowest BCUT2D eigenvalue weighted by atomic mass is 9.91. The largest absolute Gasteiger partial charge is 0.459 e. The Kier molecular flexibility index (Phi) is 26.0. The number of amides is 1. The maximum absolute atomic E-state index is 12.1. The first kappa shape index (κ1) is 41.9. The smallest absolute Gasteiger partial charge is 0.320 e. The summed E-state index contributed by atoms with van der Waals surface area (Å²) in [5.41, 5.74) is -0.400. The van der Waals surface area contributed by atoms with Crippen LogP contribution in [0.5, 0.6) is 0 Å². The van der Waals surface area contributed by atoms with Crippen LogP contribution in [0.3, 0.4) is 0 Å². The third-order valence-electron chi connectivity index (χ3n) is 9.44. The number of carbonyl (C=O) groups is 2. The normalized spacial score (nSPS) is 15.3. The molecule has 1 fully saturated rings. The second-order valence-corrected chi connectivity index (χ2v) is 15.1. The second kappa shape index (κ2) is 27.9. The van der Waals surface area contributed by atoms with Crippen LogP contribution in [0.1, 0.15) is 195 Å². The number of rotatable bonds is 29. The van der Waals surface area contributed by atoms with E-state index in [0.717, 1.165) is 44.7 Å². The van der Waals surface area contributed by atoms with Crippen molar-refractivity contribution in [2.24, 2.45) is 5.92 Å². The van der Waals surface area contributed by atoms with Crippen molar-refractivity contribution in [2.45, 2.75) is 206 Å². The molecule has 6 nitrogen and oxygen atoms in total. The number of carbonyl (C=O) groups excluding carboxylic acids is 2. The number of aliphatic hydroxyl groups excluding tert-OH is 1. The number of hydrogen-bond donors (Lipinski definition) is 2. The third-order valence-corrected chi connectivity index (χ3v) is 9.44. The van der Waals surface area contributed by atoms with E-state index < -0.39 is 5.60 Å². The summed E-state index contributed by atoms with van der Waals surface area (Å²) < 4.78 is 5.46. The first-order valence-electron chi connectivity index (χ1n) is 19.6. The Labute approximate surface area is 279 Å². The zero-order valence-corrected chi connectivity index (χ0v) is 30.5. The van der Waals surface area contributed by atoms with Crippen LogP contribution in [0.2, 0.25) is 0 Å². The topological polar surface area (TPSA) is 78.9 Å². The van der Waals surface area contributed by atoms with E-state index in [2.05, 4.69) is 17.1 Å². The number of esters is 1. The van der Waals surface area contributed by atoms with Gasteiger partial charge < -0.3 is 15.2 Å². The minimum atomic E-state index is -0.400. The molecule has 1 atom stereocenters. The number of ether oxygens (including phenoxy) is 1. The van der Waals surface area contributed by atoms with Crippen LogP contribution in [-0.2, 0) is 14.3 Å². The fourth-order valence-electron chi connectivity index (χ4n) is 6.60. The van der Waals surface area contributed by atoms with Crippen LogP contribution in [0.15, 0.2) is 0 Å². The summed E-state index contributed by atoms with van der Waals surface area (Å²) in [7, 11) is 0. The van der Waals surface area contributed by atoms with Crippen molar-refractivity contribution in [1.29, 1.82) is 0 Å². The van der Waals surface area contributed by atoms with Gasteiger partial charge in [0.05, 0.1) is 12.6 Å². The third kappa shape index (κ3) is 27.7. The van der Waals surface area contributed by atoms with Gasteiger partial charge in [-0.2, -0.15) is 0 Å². The minimum Gasteiger partial charge on any atom is -0.459 e. The molecule has 1 saturated heterocycles. The lowest BCUT2D eigenvalue weighted by Crippen LogP contribution is -2.39. The second-order valence-electron chi connectivity index (χ2n) is 15.1. The molecular formula is C39H76N2O4. The zero-order chi connectivity index (χ0) is 33.0. The van der Waals surface area contributed by atoms with Gasteiger partial charge >= 0.3 is 5.97 Å². The summed E-state index contributed by atoms with van der Waals surface area (Å²) in [6.07, 6.45) is 31.6. The number of likely N-dealkylation sites (tertiary alicyclic amines) is 1. The number of hydrogen-bond acceptors (Lipinski definition) is 5. The maximum Gasteiger partial charge on any atom is 0.320 e. The molecule has 45 heavy (non-hydrogen) atoms. The highest BCUT2D eigenvalue weighted by molar-refractivity contribution is 5.75. The molecule has 1 heterocycles. The molecule has 0 aliphatic carbocycles. The molecule has 0 aromatic rings. The van der Waals surface area contributed by atoms with Gasteiger partial charge in [0.15, 0.2) is 0 Å². The fraction of sp³-hybridized carbons (Fsp3) is 0.949. The van der Waals surface area contributed by atoms with Gasteiger partial charge in [-0.15, -0.1) is 0 Å². The first-order valence-corrected chi connectivity index (χ1v) is 19.6. The molecule has 2 N–H and O–H groups in total. The number of piperidine rings is 1. The van der Waals surface area contributed by atoms with E-state index in [1.165, 1.54) is 128 Å². The van der Waals surface area contributed by atoms with Crippen LogP contribution in [0.4, 0.5) is 0 Å². The lowest BCUT2D eigenvalue weighted by molar-refractivity contribution is -0.156. The molecule has 0 radical (unpaired) electrons. The Morgan fingerprint density at radius 3 is 1.76 bits per heavy atom. The van der Waals surface area contributed by atoms with Gasteiger partial charge in [0, 0.05) is 13.0 Å². The lowest BCUT2D eigenvalue weighted by Gasteiger charge is -2.32. The fourth-order valence-corrected chi connectivity index (χ4v) is 6.60. The SMILES string of the molecule is CCCCCCCCCCCCCC[C@@H](O)CCNC(=O)CCCCCCCCCCC1CCN(CC(=O)OC(C)(C)C)CC1. The molecule has 0 aromatic carbocycles. The van der Waals surface area contributed by atoms with Crippen LogP contribution >= 0.6 is 0 Å². The van der Waals surface area contributed by atoms with E-state index in [1.807, 2.05) is 20.8 Å². The summed E-state index contributed by atoms with van der Waals surface area (Å²) in [6.45, 7) is 11.1. The predicted molar refractivity (Wildman–Crippen MR) is 191 cm³/mol. The van der Waals surface area contributed by atoms with Crippen molar-refractivity contribution in [3.05, 3.63) is 0 Å². The zero-order valence-electron chi connectivity index (χ0n) is 30.5. The summed E-state index contributed by atoms with van der Waals surface area (Å²) in [5.74, 6) is 0.854. The number of unbranched alkanes of at least 4 members (excludes halogenated alkanes) is 18. The Hall–Kier alpha value is -1.14. The van der Waals surface area contributed by atoms with E-state index in [4.69, 9.17) is 4.74 Å². The number of nitrogens with one attached hydrogen (secondary N) is 1. The van der Waals surface area contributed by atoms with Crippen molar-refractivity contribution < 1.29 is 19.4 Å². The highest BCUT2D eigenvalue weighted by atomic mass is 16.6.